The second kappa shape index (κ2) is 14.3. The van der Waals surface area contributed by atoms with Crippen molar-refractivity contribution in [2.75, 3.05) is 20.1 Å². The summed E-state index contributed by atoms with van der Waals surface area (Å²) < 4.78 is 9.36. The predicted molar refractivity (Wildman–Crippen MR) is 150 cm³/mol. The number of fused-ring (bicyclic) bond motifs is 1. The molecule has 1 aliphatic carbocycles. The highest BCUT2D eigenvalue weighted by Gasteiger charge is 2.28. The number of nitrogens with zero attached hydrogens (tertiary/aromatic N) is 2. The lowest BCUT2D eigenvalue weighted by molar-refractivity contribution is -0.121. The van der Waals surface area contributed by atoms with Crippen molar-refractivity contribution >= 4 is 34.9 Å². The van der Waals surface area contributed by atoms with Crippen molar-refractivity contribution in [2.45, 2.75) is 71.3 Å². The van der Waals surface area contributed by atoms with Crippen LogP contribution in [0.5, 0.6) is 0 Å². The number of carboxylic acids is 1. The molecule has 4 rings (SSSR count). The third-order valence-electron chi connectivity index (χ3n) is 6.86. The van der Waals surface area contributed by atoms with Crippen LogP contribution in [0.4, 0.5) is 0 Å². The van der Waals surface area contributed by atoms with Gasteiger partial charge in [-0.2, -0.15) is 0 Å². The molecule has 1 fully saturated rings. The average Bonchev–Trinajstić information content (AvgIpc) is 3.56. The third-order valence-corrected chi connectivity index (χ3v) is 7.40. The van der Waals surface area contributed by atoms with Gasteiger partial charge in [-0.25, -0.2) is 9.10 Å². The van der Waals surface area contributed by atoms with Gasteiger partial charge in [-0.3, -0.25) is 9.93 Å². The Labute approximate surface area is 223 Å². The fraction of sp³-hybridized carbons (Fsp3) is 0.500. The van der Waals surface area contributed by atoms with Crippen LogP contribution < -0.4 is 10.5 Å². The maximum absolute atomic E-state index is 13.0. The Morgan fingerprint density at radius 3 is 2.59 bits per heavy atom. The summed E-state index contributed by atoms with van der Waals surface area (Å²) in [5.41, 5.74) is 4.06. The van der Waals surface area contributed by atoms with E-state index in [9.17, 15) is 14.7 Å². The second-order valence-electron chi connectivity index (χ2n) is 9.25. The number of aromatic carboxylic acids is 1. The summed E-state index contributed by atoms with van der Waals surface area (Å²) in [7, 11) is 1.94. The Hall–Kier alpha value is -2.75. The van der Waals surface area contributed by atoms with Crippen molar-refractivity contribution < 1.29 is 19.1 Å². The van der Waals surface area contributed by atoms with Crippen LogP contribution >= 0.6 is 12.1 Å². The second-order valence-corrected chi connectivity index (χ2v) is 10.1. The predicted octanol–water partition coefficient (Wildman–Crippen LogP) is 6.02. The Kier molecular flexibility index (Phi) is 11.1. The zero-order chi connectivity index (χ0) is 26.8. The van der Waals surface area contributed by atoms with Crippen LogP contribution in [0.1, 0.15) is 80.6 Å². The highest BCUT2D eigenvalue weighted by Crippen LogP contribution is 2.44. The van der Waals surface area contributed by atoms with E-state index in [0.717, 1.165) is 54.4 Å². The minimum Gasteiger partial charge on any atom is -0.478 e. The van der Waals surface area contributed by atoms with Gasteiger partial charge in [-0.15, -0.1) is 0 Å². The number of hydrogen-bond donors (Lipinski definition) is 3. The van der Waals surface area contributed by atoms with Gasteiger partial charge in [0, 0.05) is 36.2 Å². The van der Waals surface area contributed by atoms with Gasteiger partial charge in [0.2, 0.25) is 5.91 Å². The van der Waals surface area contributed by atoms with E-state index in [2.05, 4.69) is 5.32 Å². The summed E-state index contributed by atoms with van der Waals surface area (Å²) in [6, 6.07) is 7.18. The number of furan rings is 1. The first-order chi connectivity index (χ1) is 18.0. The first kappa shape index (κ1) is 28.8. The zero-order valence-corrected chi connectivity index (χ0v) is 23.0. The minimum atomic E-state index is -0.978. The summed E-state index contributed by atoms with van der Waals surface area (Å²) in [5.74, 6) is -0.702. The number of nitrogens with one attached hydrogen (secondary N) is 1. The molecular formula is C28H40N4O4S. The summed E-state index contributed by atoms with van der Waals surface area (Å²) in [4.78, 5) is 24.8. The largest absolute Gasteiger partial charge is 0.478 e. The lowest BCUT2D eigenvalue weighted by Crippen LogP contribution is -2.29. The molecule has 0 unspecified atom stereocenters. The lowest BCUT2D eigenvalue weighted by atomic mass is 9.82. The van der Waals surface area contributed by atoms with E-state index >= 15 is 0 Å². The smallest absolute Gasteiger partial charge is 0.335 e. The monoisotopic (exact) mass is 528 g/mol. The first-order valence-corrected chi connectivity index (χ1v) is 14.1. The zero-order valence-electron chi connectivity index (χ0n) is 22.2. The lowest BCUT2D eigenvalue weighted by Gasteiger charge is -2.23. The Bertz CT molecular complexity index is 1150. The van der Waals surface area contributed by atoms with Crippen molar-refractivity contribution in [1.29, 1.82) is 0 Å². The van der Waals surface area contributed by atoms with Gasteiger partial charge < -0.3 is 19.4 Å². The highest BCUT2D eigenvalue weighted by atomic mass is 32.2. The molecule has 37 heavy (non-hydrogen) atoms. The van der Waals surface area contributed by atoms with Gasteiger partial charge in [0.1, 0.15) is 6.54 Å². The minimum absolute atomic E-state index is 0.0934. The van der Waals surface area contributed by atoms with Crippen LogP contribution in [-0.2, 0) is 11.3 Å². The normalized spacial score (nSPS) is 14.0. The van der Waals surface area contributed by atoms with E-state index in [1.165, 1.54) is 37.0 Å². The molecule has 2 heterocycles. The van der Waals surface area contributed by atoms with Crippen LogP contribution in [0.15, 0.2) is 41.2 Å². The van der Waals surface area contributed by atoms with Crippen molar-refractivity contribution in [3.05, 3.63) is 47.9 Å². The number of aromatic nitrogens is 1. The van der Waals surface area contributed by atoms with Gasteiger partial charge in [0.25, 0.3) is 0 Å². The van der Waals surface area contributed by atoms with Crippen molar-refractivity contribution in [1.82, 2.24) is 14.2 Å². The van der Waals surface area contributed by atoms with E-state index in [-0.39, 0.29) is 18.0 Å². The van der Waals surface area contributed by atoms with Crippen molar-refractivity contribution in [3.8, 4) is 11.3 Å². The topological polar surface area (TPSA) is 114 Å². The average molecular weight is 529 g/mol. The van der Waals surface area contributed by atoms with Gasteiger partial charge in [-0.05, 0) is 62.4 Å². The molecule has 3 aromatic rings. The van der Waals surface area contributed by atoms with Gasteiger partial charge in [0.15, 0.2) is 0 Å². The molecule has 1 amide bonds. The number of carbonyl (C=O) groups excluding carboxylic acids is 1. The Morgan fingerprint density at radius 2 is 1.95 bits per heavy atom. The fourth-order valence-electron chi connectivity index (χ4n) is 5.13. The number of benzene rings is 1. The highest BCUT2D eigenvalue weighted by molar-refractivity contribution is 7.94. The standard InChI is InChI=1S/C26H34N4O4S.C2H6/c1-29(35-27)13-6-5-12-28-23(31)16-30-22-15-19(26(32)33)9-10-21(22)24(18-7-3-2-4-8-18)25(30)20-11-14-34-17-20;1-2/h9-11,14-15,17-18H,2-8,12-13,16,27H2,1H3,(H,28,31)(H,32,33);1-2H3. The van der Waals surface area contributed by atoms with Crippen molar-refractivity contribution in [2.24, 2.45) is 5.14 Å². The first-order valence-electron chi connectivity index (χ1n) is 13.3. The molecule has 2 aromatic heterocycles. The number of amides is 1. The number of rotatable bonds is 11. The van der Waals surface area contributed by atoms with Crippen LogP contribution in [-0.4, -0.2) is 46.0 Å². The van der Waals surface area contributed by atoms with Crippen LogP contribution in [0.3, 0.4) is 0 Å². The van der Waals surface area contributed by atoms with E-state index in [4.69, 9.17) is 9.56 Å². The molecule has 9 heteroatoms. The van der Waals surface area contributed by atoms with E-state index in [1.54, 1.807) is 24.7 Å². The maximum Gasteiger partial charge on any atom is 0.335 e. The number of carboxylic acid groups (broad SMARTS) is 1. The molecule has 0 saturated heterocycles. The summed E-state index contributed by atoms with van der Waals surface area (Å²) >= 11 is 1.20. The number of nitrogens with two attached hydrogens (primary N) is 1. The van der Waals surface area contributed by atoms with Gasteiger partial charge >= 0.3 is 5.97 Å². The van der Waals surface area contributed by atoms with E-state index in [0.29, 0.717) is 12.5 Å². The molecule has 8 nitrogen and oxygen atoms in total. The SMILES string of the molecule is CC.CN(CCCCNC(=O)Cn1c(-c2ccoc2)c(C2CCCCC2)c2ccc(C(=O)O)cc21)SN. The van der Waals surface area contributed by atoms with Gasteiger partial charge in [0.05, 0.1) is 29.3 Å². The summed E-state index contributed by atoms with van der Waals surface area (Å²) in [5, 5.41) is 19.2. The molecule has 0 spiro atoms. The summed E-state index contributed by atoms with van der Waals surface area (Å²) in [6.45, 7) is 5.55. The molecule has 1 saturated carbocycles. The van der Waals surface area contributed by atoms with E-state index in [1.807, 2.05) is 41.9 Å². The number of hydrogen-bond acceptors (Lipinski definition) is 6. The Morgan fingerprint density at radius 1 is 1.19 bits per heavy atom. The molecule has 0 radical (unpaired) electrons. The third kappa shape index (κ3) is 7.18. The number of carbonyl (C=O) groups is 2. The molecule has 4 N–H and O–H groups in total. The van der Waals surface area contributed by atoms with Crippen molar-refractivity contribution in [3.63, 3.8) is 0 Å². The molecule has 202 valence electrons. The van der Waals surface area contributed by atoms with Crippen LogP contribution in [0.2, 0.25) is 0 Å². The molecule has 0 bridgehead atoms. The maximum atomic E-state index is 13.0. The molecule has 1 aliphatic rings. The molecular weight excluding hydrogens is 488 g/mol. The summed E-state index contributed by atoms with van der Waals surface area (Å²) in [6.07, 6.45) is 10.9. The van der Waals surface area contributed by atoms with E-state index < -0.39 is 5.97 Å². The van der Waals surface area contributed by atoms with Gasteiger partial charge in [-0.1, -0.05) is 39.2 Å². The quantitative estimate of drug-likeness (QED) is 0.206. The van der Waals surface area contributed by atoms with Crippen LogP contribution in [0, 0.1) is 0 Å². The molecule has 0 atom stereocenters. The molecule has 1 aromatic carbocycles. The fourth-order valence-corrected chi connectivity index (χ4v) is 5.36. The Balaban J connectivity index is 0.00000186. The molecule has 0 aliphatic heterocycles. The van der Waals surface area contributed by atoms with Crippen LogP contribution in [0.25, 0.3) is 22.2 Å². The number of unbranched alkanes of at least 4 members (excludes halogenated alkanes) is 1.